The Kier molecular flexibility index (Phi) is 5.50. The molecule has 3 fully saturated rings. The molecule has 0 aromatic heterocycles. The van der Waals surface area contributed by atoms with E-state index in [2.05, 4.69) is 13.8 Å². The third-order valence-corrected chi connectivity index (χ3v) is 9.83. The standard InChI is InChI=1S/C24H34O5S/c1-14(25)24(29-21(28)13-30-4)10-8-18-17-6-5-15-11-16(26)12-20(27)23(15,3)19(17)7-9-22(18,24)2/h11,17-20,27H,5-10,12-13H2,1-4H3/t17-,18-,19-,20?,22-,23-,24-/m0/s1. The maximum Gasteiger partial charge on any atom is 0.316 e. The van der Waals surface area contributed by atoms with E-state index in [1.807, 2.05) is 6.26 Å². The van der Waals surface area contributed by atoms with Crippen molar-refractivity contribution in [3.63, 3.8) is 0 Å². The fourth-order valence-corrected chi connectivity index (χ4v) is 8.06. The first kappa shape index (κ1) is 22.1. The van der Waals surface area contributed by atoms with E-state index in [-0.39, 0.29) is 46.5 Å². The summed E-state index contributed by atoms with van der Waals surface area (Å²) < 4.78 is 6.01. The smallest absolute Gasteiger partial charge is 0.316 e. The molecule has 0 aromatic carbocycles. The highest BCUT2D eigenvalue weighted by atomic mass is 32.2. The summed E-state index contributed by atoms with van der Waals surface area (Å²) in [5.74, 6) is 0.901. The van der Waals surface area contributed by atoms with Crippen molar-refractivity contribution < 1.29 is 24.2 Å². The van der Waals surface area contributed by atoms with Gasteiger partial charge in [-0.1, -0.05) is 19.4 Å². The molecule has 0 heterocycles. The van der Waals surface area contributed by atoms with E-state index in [0.29, 0.717) is 18.3 Å². The Balaban J connectivity index is 1.68. The van der Waals surface area contributed by atoms with Crippen LogP contribution in [-0.2, 0) is 19.1 Å². The first-order valence-corrected chi connectivity index (χ1v) is 12.6. The van der Waals surface area contributed by atoms with E-state index in [4.69, 9.17) is 4.74 Å². The molecule has 0 amide bonds. The topological polar surface area (TPSA) is 80.7 Å². The lowest BCUT2D eigenvalue weighted by molar-refractivity contribution is -0.188. The maximum absolute atomic E-state index is 12.9. The van der Waals surface area contributed by atoms with Crippen molar-refractivity contribution in [1.82, 2.24) is 0 Å². The van der Waals surface area contributed by atoms with Crippen LogP contribution in [0.2, 0.25) is 0 Å². The van der Waals surface area contributed by atoms with E-state index < -0.39 is 11.7 Å². The van der Waals surface area contributed by atoms with Gasteiger partial charge >= 0.3 is 5.97 Å². The van der Waals surface area contributed by atoms with Crippen LogP contribution in [0.3, 0.4) is 0 Å². The van der Waals surface area contributed by atoms with Gasteiger partial charge < -0.3 is 9.84 Å². The number of aliphatic hydroxyl groups excluding tert-OH is 1. The number of ether oxygens (including phenoxy) is 1. The van der Waals surface area contributed by atoms with Gasteiger partial charge in [0.1, 0.15) is 0 Å². The minimum absolute atomic E-state index is 0.0336. The molecule has 166 valence electrons. The van der Waals surface area contributed by atoms with Crippen molar-refractivity contribution in [3.8, 4) is 0 Å². The number of hydrogen-bond donors (Lipinski definition) is 1. The summed E-state index contributed by atoms with van der Waals surface area (Å²) in [4.78, 5) is 37.4. The lowest BCUT2D eigenvalue weighted by atomic mass is 9.45. The Hall–Kier alpha value is -1.14. The lowest BCUT2D eigenvalue weighted by Crippen LogP contribution is -2.60. The number of thioether (sulfide) groups is 1. The third-order valence-electron chi connectivity index (χ3n) is 9.31. The number of fused-ring (bicyclic) bond motifs is 5. The van der Waals surface area contributed by atoms with Gasteiger partial charge in [-0.25, -0.2) is 0 Å². The molecular weight excluding hydrogens is 400 g/mol. The molecule has 30 heavy (non-hydrogen) atoms. The van der Waals surface area contributed by atoms with Gasteiger partial charge in [0.2, 0.25) is 0 Å². The molecule has 0 bridgehead atoms. The highest BCUT2D eigenvalue weighted by Gasteiger charge is 2.68. The van der Waals surface area contributed by atoms with Crippen molar-refractivity contribution in [2.75, 3.05) is 12.0 Å². The van der Waals surface area contributed by atoms with Crippen molar-refractivity contribution in [2.24, 2.45) is 28.6 Å². The Morgan fingerprint density at radius 1 is 1.20 bits per heavy atom. The number of carbonyl (C=O) groups excluding carboxylic acids is 3. The molecule has 1 unspecified atom stereocenters. The number of hydrogen-bond acceptors (Lipinski definition) is 6. The molecule has 0 spiro atoms. The number of Topliss-reactive ketones (excluding diaryl/α,β-unsaturated/α-hetero) is 1. The third kappa shape index (κ3) is 2.89. The number of carbonyl (C=O) groups is 3. The molecule has 6 heteroatoms. The maximum atomic E-state index is 12.9. The number of esters is 1. The van der Waals surface area contributed by atoms with Gasteiger partial charge in [-0.2, -0.15) is 11.8 Å². The molecule has 4 aliphatic rings. The molecule has 4 aliphatic carbocycles. The van der Waals surface area contributed by atoms with Crippen molar-refractivity contribution in [1.29, 1.82) is 0 Å². The predicted molar refractivity (Wildman–Crippen MR) is 116 cm³/mol. The second-order valence-electron chi connectivity index (χ2n) is 10.3. The van der Waals surface area contributed by atoms with E-state index in [1.54, 1.807) is 13.0 Å². The fraction of sp³-hybridized carbons (Fsp3) is 0.792. The predicted octanol–water partition coefficient (Wildman–Crippen LogP) is 3.72. The molecule has 3 saturated carbocycles. The minimum atomic E-state index is -1.03. The largest absolute Gasteiger partial charge is 0.450 e. The summed E-state index contributed by atoms with van der Waals surface area (Å²) in [6.45, 7) is 5.87. The van der Waals surface area contributed by atoms with Crippen LogP contribution in [0, 0.1) is 28.6 Å². The van der Waals surface area contributed by atoms with Crippen LogP contribution >= 0.6 is 11.8 Å². The quantitative estimate of drug-likeness (QED) is 0.679. The van der Waals surface area contributed by atoms with E-state index in [9.17, 15) is 19.5 Å². The van der Waals surface area contributed by atoms with Crippen LogP contribution in [0.5, 0.6) is 0 Å². The Bertz CT molecular complexity index is 805. The normalized spacial score (nSPS) is 45.1. The van der Waals surface area contributed by atoms with Crippen molar-refractivity contribution in [2.45, 2.75) is 77.4 Å². The molecule has 0 aromatic rings. The summed E-state index contributed by atoms with van der Waals surface area (Å²) in [5.41, 5.74) is -0.664. The van der Waals surface area contributed by atoms with Crippen LogP contribution in [0.15, 0.2) is 11.6 Å². The Morgan fingerprint density at radius 2 is 1.90 bits per heavy atom. The van der Waals surface area contributed by atoms with Gasteiger partial charge in [-0.05, 0) is 75.5 Å². The van der Waals surface area contributed by atoms with Crippen LogP contribution in [0.1, 0.15) is 65.7 Å². The first-order valence-electron chi connectivity index (χ1n) is 11.2. The second kappa shape index (κ2) is 7.47. The molecule has 5 nitrogen and oxygen atoms in total. The van der Waals surface area contributed by atoms with Gasteiger partial charge in [-0.3, -0.25) is 14.4 Å². The average Bonchev–Trinajstić information content (AvgIpc) is 2.97. The zero-order valence-electron chi connectivity index (χ0n) is 18.5. The van der Waals surface area contributed by atoms with E-state index in [1.165, 1.54) is 11.8 Å². The molecule has 0 radical (unpaired) electrons. The molecule has 4 rings (SSSR count). The summed E-state index contributed by atoms with van der Waals surface area (Å²) in [6.07, 6.45) is 8.15. The monoisotopic (exact) mass is 434 g/mol. The molecule has 1 N–H and O–H groups in total. The van der Waals surface area contributed by atoms with Gasteiger partial charge in [0, 0.05) is 17.3 Å². The second-order valence-corrected chi connectivity index (χ2v) is 11.2. The number of ketones is 2. The van der Waals surface area contributed by atoms with Crippen molar-refractivity contribution >= 4 is 29.3 Å². The summed E-state index contributed by atoms with van der Waals surface area (Å²) in [7, 11) is 0. The average molecular weight is 435 g/mol. The first-order chi connectivity index (χ1) is 14.1. The highest BCUT2D eigenvalue weighted by molar-refractivity contribution is 7.99. The van der Waals surface area contributed by atoms with Crippen LogP contribution in [0.25, 0.3) is 0 Å². The van der Waals surface area contributed by atoms with Gasteiger partial charge in [0.25, 0.3) is 0 Å². The molecule has 7 atom stereocenters. The highest BCUT2D eigenvalue weighted by Crippen LogP contribution is 2.68. The molecular formula is C24H34O5S. The number of aliphatic hydroxyl groups is 1. The lowest BCUT2D eigenvalue weighted by Gasteiger charge is -2.60. The van der Waals surface area contributed by atoms with Gasteiger partial charge in [-0.15, -0.1) is 0 Å². The number of rotatable bonds is 4. The van der Waals surface area contributed by atoms with Crippen molar-refractivity contribution in [3.05, 3.63) is 11.6 Å². The van der Waals surface area contributed by atoms with Crippen LogP contribution in [-0.4, -0.2) is 46.4 Å². The summed E-state index contributed by atoms with van der Waals surface area (Å²) >= 11 is 1.41. The summed E-state index contributed by atoms with van der Waals surface area (Å²) in [6, 6.07) is 0. The van der Waals surface area contributed by atoms with Crippen LogP contribution < -0.4 is 0 Å². The zero-order chi connectivity index (χ0) is 21.9. The molecule has 0 aliphatic heterocycles. The van der Waals surface area contributed by atoms with E-state index in [0.717, 1.165) is 37.7 Å². The van der Waals surface area contributed by atoms with E-state index >= 15 is 0 Å². The Morgan fingerprint density at radius 3 is 2.57 bits per heavy atom. The Labute approximate surface area is 183 Å². The summed E-state index contributed by atoms with van der Waals surface area (Å²) in [5, 5.41) is 11.0. The van der Waals surface area contributed by atoms with Gasteiger partial charge in [0.05, 0.1) is 11.9 Å². The minimum Gasteiger partial charge on any atom is -0.450 e. The molecule has 0 saturated heterocycles. The fourth-order valence-electron chi connectivity index (χ4n) is 7.77. The van der Waals surface area contributed by atoms with Gasteiger partial charge in [0.15, 0.2) is 17.2 Å². The SMILES string of the molecule is CSCC(=O)O[C@]1(C(C)=O)CC[C@H]2[C@@H]3CCC4=CC(=O)CC(O)[C@]4(C)[C@H]3CC[C@@]21C. The van der Waals surface area contributed by atoms with Crippen LogP contribution in [0.4, 0.5) is 0 Å². The zero-order valence-corrected chi connectivity index (χ0v) is 19.3.